The number of ether oxygens (including phenoxy) is 3. The molecule has 14 heteroatoms. The molecule has 1 unspecified atom stereocenters. The van der Waals surface area contributed by atoms with Gasteiger partial charge in [0.25, 0.3) is 0 Å². The Kier molecular flexibility index (Phi) is 13.0. The Morgan fingerprint density at radius 2 is 1.19 bits per heavy atom. The summed E-state index contributed by atoms with van der Waals surface area (Å²) >= 11 is 0. The SMILES string of the molecule is OC[C@H]1O[C@@H](O[C@H]2[C@H](O)[C@@H](O)C(O)O[C@@H]2CO)[C@H](O)[C@@H](O)[C@H]1O.[O-2].[O-2].[Ti+4]. The topological polar surface area (TPSA) is 247 Å². The molecule has 0 aliphatic carbocycles. The fourth-order valence-corrected chi connectivity index (χ4v) is 2.57. The zero-order valence-corrected chi connectivity index (χ0v) is 14.9. The second kappa shape index (κ2) is 11.9. The Morgan fingerprint density at radius 3 is 1.69 bits per heavy atom. The Bertz CT molecular complexity index is 386. The Hall–Kier alpha value is 0.194. The molecule has 2 aliphatic rings. The van der Waals surface area contributed by atoms with Crippen molar-refractivity contribution in [1.82, 2.24) is 0 Å². The van der Waals surface area contributed by atoms with E-state index < -0.39 is 74.6 Å². The van der Waals surface area contributed by atoms with Crippen LogP contribution in [0.15, 0.2) is 0 Å². The van der Waals surface area contributed by atoms with E-state index in [4.69, 9.17) is 19.3 Å². The summed E-state index contributed by atoms with van der Waals surface area (Å²) in [4.78, 5) is 0. The standard InChI is InChI=1S/C12H22O11.2O.Ti/c13-1-3-5(15)6(16)9(19)12(22-3)23-10-4(2-14)21-11(20)8(18)7(10)17;;;/h3-20H,1-2H2;;;/q;2*-2;+4/t3-,4-,5+,6+,7-,8-,9-,10-,11?,12+;;;/m1.../s1. The van der Waals surface area contributed by atoms with E-state index in [0.717, 1.165) is 0 Å². The van der Waals surface area contributed by atoms with Gasteiger partial charge in [-0.15, -0.1) is 0 Å². The molecule has 10 atom stereocenters. The molecule has 2 heterocycles. The zero-order valence-electron chi connectivity index (χ0n) is 13.3. The van der Waals surface area contributed by atoms with Gasteiger partial charge in [0.2, 0.25) is 0 Å². The molecule has 2 saturated heterocycles. The normalized spacial score (nSPS) is 45.7. The summed E-state index contributed by atoms with van der Waals surface area (Å²) in [5, 5.41) is 76.5. The first kappa shape index (κ1) is 28.4. The van der Waals surface area contributed by atoms with Crippen LogP contribution in [0.2, 0.25) is 0 Å². The number of aliphatic hydroxyl groups is 8. The molecule has 0 radical (unpaired) electrons. The Labute approximate surface area is 162 Å². The molecule has 152 valence electrons. The Morgan fingerprint density at radius 1 is 0.654 bits per heavy atom. The van der Waals surface area contributed by atoms with E-state index in [-0.39, 0.29) is 32.7 Å². The first-order valence-electron chi connectivity index (χ1n) is 7.08. The van der Waals surface area contributed by atoms with Gasteiger partial charge in [-0.1, -0.05) is 0 Å². The molecule has 26 heavy (non-hydrogen) atoms. The minimum atomic E-state index is -1.74. The van der Waals surface area contributed by atoms with E-state index in [1.54, 1.807) is 0 Å². The van der Waals surface area contributed by atoms with Crippen molar-refractivity contribution >= 4 is 0 Å². The molecule has 2 rings (SSSR count). The largest absolute Gasteiger partial charge is 4.00 e. The van der Waals surface area contributed by atoms with Crippen LogP contribution in [0.4, 0.5) is 0 Å². The molecule has 0 spiro atoms. The maximum absolute atomic E-state index is 9.94. The van der Waals surface area contributed by atoms with Gasteiger partial charge >= 0.3 is 21.7 Å². The maximum Gasteiger partial charge on any atom is 4.00 e. The molecule has 0 bridgehead atoms. The number of rotatable bonds is 4. The van der Waals surface area contributed by atoms with Gasteiger partial charge in [-0.05, 0) is 0 Å². The van der Waals surface area contributed by atoms with Crippen molar-refractivity contribution in [2.45, 2.75) is 61.4 Å². The van der Waals surface area contributed by atoms with Crippen molar-refractivity contribution in [2.75, 3.05) is 13.2 Å². The molecule has 0 aromatic carbocycles. The molecule has 0 aromatic heterocycles. The smallest absolute Gasteiger partial charge is 2.00 e. The van der Waals surface area contributed by atoms with E-state index in [2.05, 4.69) is 0 Å². The zero-order chi connectivity index (χ0) is 17.3. The predicted octanol–water partition coefficient (Wildman–Crippen LogP) is -5.64. The van der Waals surface area contributed by atoms with Gasteiger partial charge in [0.1, 0.15) is 48.8 Å². The van der Waals surface area contributed by atoms with Crippen LogP contribution < -0.4 is 0 Å². The first-order chi connectivity index (χ1) is 10.8. The van der Waals surface area contributed by atoms with Crippen LogP contribution in [0, 0.1) is 0 Å². The van der Waals surface area contributed by atoms with Gasteiger partial charge in [-0.3, -0.25) is 0 Å². The van der Waals surface area contributed by atoms with Crippen molar-refractivity contribution in [1.29, 1.82) is 0 Å². The van der Waals surface area contributed by atoms with Crippen LogP contribution in [0.3, 0.4) is 0 Å². The summed E-state index contributed by atoms with van der Waals surface area (Å²) < 4.78 is 15.3. The van der Waals surface area contributed by atoms with Crippen molar-refractivity contribution in [2.24, 2.45) is 0 Å². The maximum atomic E-state index is 9.94. The fraction of sp³-hybridized carbons (Fsp3) is 1.00. The van der Waals surface area contributed by atoms with Gasteiger partial charge < -0.3 is 66.0 Å². The molecular formula is C12H22O13Ti. The third-order valence-corrected chi connectivity index (χ3v) is 3.98. The average molecular weight is 422 g/mol. The summed E-state index contributed by atoms with van der Waals surface area (Å²) in [5.74, 6) is 0. The minimum Gasteiger partial charge on any atom is -2.00 e. The number of hydrogen-bond acceptors (Lipinski definition) is 11. The number of aliphatic hydroxyl groups excluding tert-OH is 8. The van der Waals surface area contributed by atoms with Crippen molar-refractivity contribution < 1.29 is 87.7 Å². The third-order valence-electron chi connectivity index (χ3n) is 3.98. The average Bonchev–Trinajstić information content (AvgIpc) is 2.55. The van der Waals surface area contributed by atoms with Gasteiger partial charge in [0.05, 0.1) is 13.2 Å². The third kappa shape index (κ3) is 5.60. The molecule has 0 amide bonds. The summed E-state index contributed by atoms with van der Waals surface area (Å²) in [5.41, 5.74) is 0. The van der Waals surface area contributed by atoms with E-state index in [9.17, 15) is 35.7 Å². The minimum absolute atomic E-state index is 0. The quantitative estimate of drug-likeness (QED) is 0.198. The second-order valence-corrected chi connectivity index (χ2v) is 5.53. The number of hydrogen-bond donors (Lipinski definition) is 8. The van der Waals surface area contributed by atoms with Crippen molar-refractivity contribution in [3.05, 3.63) is 0 Å². The van der Waals surface area contributed by atoms with Crippen LogP contribution in [0.1, 0.15) is 0 Å². The molecule has 0 aromatic rings. The van der Waals surface area contributed by atoms with Crippen molar-refractivity contribution in [3.63, 3.8) is 0 Å². The van der Waals surface area contributed by atoms with E-state index in [1.807, 2.05) is 0 Å². The summed E-state index contributed by atoms with van der Waals surface area (Å²) in [6.45, 7) is -1.35. The fourth-order valence-electron chi connectivity index (χ4n) is 2.57. The second-order valence-electron chi connectivity index (χ2n) is 5.53. The summed E-state index contributed by atoms with van der Waals surface area (Å²) in [7, 11) is 0. The Balaban J connectivity index is 0. The van der Waals surface area contributed by atoms with Crippen molar-refractivity contribution in [3.8, 4) is 0 Å². The van der Waals surface area contributed by atoms with E-state index in [1.165, 1.54) is 0 Å². The van der Waals surface area contributed by atoms with Gasteiger partial charge in [0.15, 0.2) is 12.6 Å². The van der Waals surface area contributed by atoms with E-state index >= 15 is 0 Å². The van der Waals surface area contributed by atoms with E-state index in [0.29, 0.717) is 0 Å². The molecule has 2 fully saturated rings. The molecule has 2 aliphatic heterocycles. The van der Waals surface area contributed by atoms with Gasteiger partial charge in [-0.2, -0.15) is 0 Å². The van der Waals surface area contributed by atoms with Crippen LogP contribution in [0.5, 0.6) is 0 Å². The van der Waals surface area contributed by atoms with Crippen LogP contribution in [-0.4, -0.2) is 115 Å². The molecule has 0 saturated carbocycles. The monoisotopic (exact) mass is 422 g/mol. The summed E-state index contributed by atoms with van der Waals surface area (Å²) in [6, 6.07) is 0. The molecule has 13 nitrogen and oxygen atoms in total. The van der Waals surface area contributed by atoms with Gasteiger partial charge in [-0.25, -0.2) is 0 Å². The van der Waals surface area contributed by atoms with Gasteiger partial charge in [0, 0.05) is 0 Å². The molecule has 8 N–H and O–H groups in total. The van der Waals surface area contributed by atoms with Crippen LogP contribution in [-0.2, 0) is 46.9 Å². The van der Waals surface area contributed by atoms with Crippen LogP contribution >= 0.6 is 0 Å². The first-order valence-corrected chi connectivity index (χ1v) is 7.08. The van der Waals surface area contributed by atoms with Crippen LogP contribution in [0.25, 0.3) is 0 Å². The molecular weight excluding hydrogens is 400 g/mol. The summed E-state index contributed by atoms with van der Waals surface area (Å²) in [6.07, 6.45) is -15.6. The predicted molar refractivity (Wildman–Crippen MR) is 70.0 cm³/mol.